The fourth-order valence-electron chi connectivity index (χ4n) is 5.50. The zero-order valence-corrected chi connectivity index (χ0v) is 20.3. The molecule has 10 heteroatoms. The first-order valence-corrected chi connectivity index (χ1v) is 13.4. The van der Waals surface area contributed by atoms with Crippen molar-refractivity contribution >= 4 is 15.8 Å². The van der Waals surface area contributed by atoms with Crippen molar-refractivity contribution < 1.29 is 31.5 Å². The lowest BCUT2D eigenvalue weighted by Crippen LogP contribution is -2.66. The average Bonchev–Trinajstić information content (AvgIpc) is 3.33. The van der Waals surface area contributed by atoms with Crippen LogP contribution in [-0.2, 0) is 25.3 Å². The maximum atomic E-state index is 14.2. The van der Waals surface area contributed by atoms with Crippen molar-refractivity contribution in [2.75, 3.05) is 32.8 Å². The molecule has 1 atom stereocenters. The second-order valence-corrected chi connectivity index (χ2v) is 11.0. The fraction of sp³-hybridized carbons (Fsp3) is 0.480. The van der Waals surface area contributed by atoms with Crippen LogP contribution in [0.2, 0.25) is 0 Å². The molecular formula is C25H28F2N2O5S. The Labute approximate surface area is 203 Å². The minimum absolute atomic E-state index is 0.120. The number of nitrogens with zero attached hydrogens (tertiary/aromatic N) is 2. The average molecular weight is 507 g/mol. The van der Waals surface area contributed by atoms with Gasteiger partial charge in [-0.2, -0.15) is 4.31 Å². The zero-order valence-electron chi connectivity index (χ0n) is 19.5. The summed E-state index contributed by atoms with van der Waals surface area (Å²) in [6.07, 6.45) is 0.684. The van der Waals surface area contributed by atoms with E-state index in [9.17, 15) is 22.0 Å². The van der Waals surface area contributed by atoms with Crippen LogP contribution in [0, 0.1) is 17.6 Å². The van der Waals surface area contributed by atoms with E-state index in [0.717, 1.165) is 6.07 Å². The first-order chi connectivity index (χ1) is 16.8. The Morgan fingerprint density at radius 2 is 1.77 bits per heavy atom. The predicted molar refractivity (Wildman–Crippen MR) is 123 cm³/mol. The molecule has 2 saturated heterocycles. The highest BCUT2D eigenvalue weighted by atomic mass is 32.2. The Balaban J connectivity index is 1.46. The number of hydrogen-bond donors (Lipinski definition) is 0. The Bertz CT molecular complexity index is 1220. The standard InChI is InChI=1S/C25H28F2N2O5S/c1-2-11-29-24(25(33-14-15-34-25)20-5-3-4-6-22(20)35(29,31)32)28-12-9-17(10-13-28)23(30)19-8-7-18(26)16-21(19)27/h3-8,16-17,24H,2,9-15H2,1H3. The van der Waals surface area contributed by atoms with Crippen molar-refractivity contribution in [2.45, 2.75) is 43.0 Å². The quantitative estimate of drug-likeness (QED) is 0.578. The van der Waals surface area contributed by atoms with Crippen LogP contribution in [0.3, 0.4) is 0 Å². The second kappa shape index (κ2) is 9.33. The first-order valence-electron chi connectivity index (χ1n) is 11.9. The van der Waals surface area contributed by atoms with E-state index in [4.69, 9.17) is 9.47 Å². The molecule has 0 saturated carbocycles. The van der Waals surface area contributed by atoms with Crippen molar-refractivity contribution in [3.05, 3.63) is 65.2 Å². The van der Waals surface area contributed by atoms with Gasteiger partial charge in [0, 0.05) is 37.2 Å². The fourth-order valence-corrected chi connectivity index (χ4v) is 7.45. The van der Waals surface area contributed by atoms with Gasteiger partial charge in [0.15, 0.2) is 5.78 Å². The molecule has 0 N–H and O–H groups in total. The first kappa shape index (κ1) is 24.5. The number of carbonyl (C=O) groups is 1. The summed E-state index contributed by atoms with van der Waals surface area (Å²) in [5.74, 6) is -3.67. The van der Waals surface area contributed by atoms with Crippen LogP contribution in [-0.4, -0.2) is 62.4 Å². The van der Waals surface area contributed by atoms with Crippen LogP contribution in [0.1, 0.15) is 42.1 Å². The Kier molecular flexibility index (Phi) is 6.52. The minimum Gasteiger partial charge on any atom is -0.341 e. The Morgan fingerprint density at radius 1 is 1.09 bits per heavy atom. The molecule has 1 unspecified atom stereocenters. The van der Waals surface area contributed by atoms with Gasteiger partial charge < -0.3 is 9.47 Å². The van der Waals surface area contributed by atoms with Crippen LogP contribution in [0.5, 0.6) is 0 Å². The van der Waals surface area contributed by atoms with Crippen molar-refractivity contribution in [2.24, 2.45) is 5.92 Å². The molecular weight excluding hydrogens is 478 g/mol. The van der Waals surface area contributed by atoms with Crippen LogP contribution in [0.4, 0.5) is 8.78 Å². The van der Waals surface area contributed by atoms with Gasteiger partial charge in [-0.05, 0) is 37.5 Å². The number of benzene rings is 2. The summed E-state index contributed by atoms with van der Waals surface area (Å²) in [6, 6.07) is 9.76. The summed E-state index contributed by atoms with van der Waals surface area (Å²) in [5, 5.41) is 0. The number of Topliss-reactive ketones (excluding diaryl/α,β-unsaturated/α-hetero) is 1. The van der Waals surface area contributed by atoms with Gasteiger partial charge in [-0.3, -0.25) is 9.69 Å². The van der Waals surface area contributed by atoms with Crippen molar-refractivity contribution in [3.63, 3.8) is 0 Å². The van der Waals surface area contributed by atoms with Gasteiger partial charge in [0.25, 0.3) is 0 Å². The number of rotatable bonds is 5. The lowest BCUT2D eigenvalue weighted by atomic mass is 9.87. The van der Waals surface area contributed by atoms with E-state index in [0.29, 0.717) is 57.2 Å². The van der Waals surface area contributed by atoms with E-state index in [1.807, 2.05) is 11.8 Å². The normalized spacial score (nSPS) is 24.5. The minimum atomic E-state index is -3.81. The number of halogens is 2. The van der Waals surface area contributed by atoms with Gasteiger partial charge in [-0.15, -0.1) is 0 Å². The van der Waals surface area contributed by atoms with Crippen molar-refractivity contribution in [3.8, 4) is 0 Å². The summed E-state index contributed by atoms with van der Waals surface area (Å²) in [6.45, 7) is 3.67. The summed E-state index contributed by atoms with van der Waals surface area (Å²) in [7, 11) is -3.81. The third-order valence-corrected chi connectivity index (χ3v) is 8.98. The predicted octanol–water partition coefficient (Wildman–Crippen LogP) is 3.50. The van der Waals surface area contributed by atoms with Gasteiger partial charge in [-0.1, -0.05) is 25.1 Å². The molecule has 3 aliphatic rings. The van der Waals surface area contributed by atoms with Gasteiger partial charge in [0.1, 0.15) is 17.8 Å². The summed E-state index contributed by atoms with van der Waals surface area (Å²) in [5.41, 5.74) is 0.368. The van der Waals surface area contributed by atoms with E-state index in [2.05, 4.69) is 0 Å². The van der Waals surface area contributed by atoms with Gasteiger partial charge in [-0.25, -0.2) is 17.2 Å². The van der Waals surface area contributed by atoms with Crippen molar-refractivity contribution in [1.82, 2.24) is 9.21 Å². The van der Waals surface area contributed by atoms with Crippen LogP contribution in [0.25, 0.3) is 0 Å². The second-order valence-electron chi connectivity index (χ2n) is 9.15. The highest BCUT2D eigenvalue weighted by Gasteiger charge is 2.60. The molecule has 0 amide bonds. The number of piperidine rings is 1. The summed E-state index contributed by atoms with van der Waals surface area (Å²) in [4.78, 5) is 15.1. The highest BCUT2D eigenvalue weighted by Crippen LogP contribution is 2.48. The largest absolute Gasteiger partial charge is 0.341 e. The third-order valence-electron chi connectivity index (χ3n) is 7.06. The van der Waals surface area contributed by atoms with E-state index >= 15 is 0 Å². The van der Waals surface area contributed by atoms with Crippen LogP contribution < -0.4 is 0 Å². The van der Waals surface area contributed by atoms with Crippen LogP contribution in [0.15, 0.2) is 47.4 Å². The maximum absolute atomic E-state index is 14.2. The van der Waals surface area contributed by atoms with E-state index in [-0.39, 0.29) is 22.8 Å². The molecule has 188 valence electrons. The maximum Gasteiger partial charge on any atom is 0.245 e. The van der Waals surface area contributed by atoms with E-state index < -0.39 is 39.5 Å². The number of likely N-dealkylation sites (tertiary alicyclic amines) is 1. The SMILES string of the molecule is CCCN1C(N2CCC(C(=O)c3ccc(F)cc3F)CC2)C2(OCCO2)c2ccccc2S1(=O)=O. The third kappa shape index (κ3) is 4.01. The molecule has 2 aromatic rings. The molecule has 0 bridgehead atoms. The summed E-state index contributed by atoms with van der Waals surface area (Å²) >= 11 is 0. The Morgan fingerprint density at radius 3 is 2.43 bits per heavy atom. The molecule has 0 aromatic heterocycles. The zero-order chi connectivity index (χ0) is 24.8. The molecule has 35 heavy (non-hydrogen) atoms. The molecule has 2 aromatic carbocycles. The van der Waals surface area contributed by atoms with E-state index in [1.54, 1.807) is 24.3 Å². The van der Waals surface area contributed by atoms with Crippen molar-refractivity contribution in [1.29, 1.82) is 0 Å². The number of sulfonamides is 1. The van der Waals surface area contributed by atoms with Gasteiger partial charge in [0.2, 0.25) is 15.8 Å². The lowest BCUT2D eigenvalue weighted by molar-refractivity contribution is -0.243. The molecule has 3 heterocycles. The molecule has 2 fully saturated rings. The molecule has 3 aliphatic heterocycles. The molecule has 0 aliphatic carbocycles. The molecule has 1 spiro atoms. The highest BCUT2D eigenvalue weighted by molar-refractivity contribution is 7.89. The number of hydrogen-bond acceptors (Lipinski definition) is 6. The number of ketones is 1. The lowest BCUT2D eigenvalue weighted by Gasteiger charge is -2.51. The van der Waals surface area contributed by atoms with Gasteiger partial charge >= 0.3 is 0 Å². The van der Waals surface area contributed by atoms with Crippen LogP contribution >= 0.6 is 0 Å². The molecule has 7 nitrogen and oxygen atoms in total. The Hall–Kier alpha value is -2.24. The number of fused-ring (bicyclic) bond motifs is 2. The van der Waals surface area contributed by atoms with E-state index in [1.165, 1.54) is 10.4 Å². The topological polar surface area (TPSA) is 76.2 Å². The smallest absolute Gasteiger partial charge is 0.245 e. The van der Waals surface area contributed by atoms with Gasteiger partial charge in [0.05, 0.1) is 23.7 Å². The monoisotopic (exact) mass is 506 g/mol. The number of carbonyl (C=O) groups excluding carboxylic acids is 1. The molecule has 5 rings (SSSR count). The summed E-state index contributed by atoms with van der Waals surface area (Å²) < 4.78 is 68.7. The number of ether oxygens (including phenoxy) is 2. The molecule has 0 radical (unpaired) electrons.